The molecular formula is C10H10Cl2N2O4S. The van der Waals surface area contributed by atoms with Gasteiger partial charge in [0.05, 0.1) is 22.8 Å². The summed E-state index contributed by atoms with van der Waals surface area (Å²) < 4.78 is 23.2. The Kier molecular flexibility index (Phi) is 5.16. The summed E-state index contributed by atoms with van der Waals surface area (Å²) in [7, 11) is -3.64. The van der Waals surface area contributed by atoms with Crippen LogP contribution in [0.2, 0.25) is 10.0 Å². The zero-order valence-corrected chi connectivity index (χ0v) is 12.1. The van der Waals surface area contributed by atoms with Gasteiger partial charge in [-0.25, -0.2) is 8.42 Å². The maximum atomic E-state index is 11.6. The van der Waals surface area contributed by atoms with E-state index in [-0.39, 0.29) is 10.6 Å². The van der Waals surface area contributed by atoms with Crippen LogP contribution >= 0.6 is 23.2 Å². The second kappa shape index (κ2) is 6.23. The van der Waals surface area contributed by atoms with Crippen LogP contribution in [-0.2, 0) is 14.8 Å². The van der Waals surface area contributed by atoms with Crippen LogP contribution in [0.4, 0.5) is 0 Å². The van der Waals surface area contributed by atoms with E-state index in [1.807, 2.05) is 0 Å². The Bertz CT molecular complexity index is 616. The molecule has 0 atom stereocenters. The van der Waals surface area contributed by atoms with Crippen molar-refractivity contribution in [1.29, 1.82) is 0 Å². The molecule has 0 unspecified atom stereocenters. The monoisotopic (exact) mass is 324 g/mol. The molecule has 0 aliphatic heterocycles. The van der Waals surface area contributed by atoms with Gasteiger partial charge in [-0.05, 0) is 18.2 Å². The number of sulfonamides is 1. The highest BCUT2D eigenvalue weighted by Crippen LogP contribution is 2.22. The average molecular weight is 325 g/mol. The number of carbonyl (C=O) groups excluding carboxylic acids is 2. The van der Waals surface area contributed by atoms with Crippen molar-refractivity contribution in [3.8, 4) is 0 Å². The van der Waals surface area contributed by atoms with Gasteiger partial charge in [0.25, 0.3) is 11.8 Å². The molecule has 0 radical (unpaired) electrons. The predicted octanol–water partition coefficient (Wildman–Crippen LogP) is 0.799. The molecule has 6 nitrogen and oxygen atoms in total. The van der Waals surface area contributed by atoms with Crippen LogP contribution in [0, 0.1) is 0 Å². The summed E-state index contributed by atoms with van der Waals surface area (Å²) in [5.74, 6) is -1.40. The van der Waals surface area contributed by atoms with Gasteiger partial charge in [-0.1, -0.05) is 23.2 Å². The van der Waals surface area contributed by atoms with Gasteiger partial charge in [-0.15, -0.1) is 0 Å². The molecule has 0 aliphatic rings. The number of halogens is 2. The third-order valence-corrected chi connectivity index (χ3v) is 3.23. The molecule has 1 rings (SSSR count). The first-order chi connectivity index (χ1) is 8.69. The zero-order chi connectivity index (χ0) is 14.6. The van der Waals surface area contributed by atoms with Gasteiger partial charge in [-0.2, -0.15) is 0 Å². The minimum atomic E-state index is -3.64. The fraction of sp³-hybridized carbons (Fsp3) is 0.200. The summed E-state index contributed by atoms with van der Waals surface area (Å²) in [4.78, 5) is 22.8. The van der Waals surface area contributed by atoms with Crippen molar-refractivity contribution in [3.63, 3.8) is 0 Å². The van der Waals surface area contributed by atoms with Crippen LogP contribution in [0.15, 0.2) is 18.2 Å². The molecule has 1 aromatic carbocycles. The van der Waals surface area contributed by atoms with Gasteiger partial charge < -0.3 is 5.32 Å². The lowest BCUT2D eigenvalue weighted by atomic mass is 10.2. The number of nitrogens with one attached hydrogen (secondary N) is 2. The minimum absolute atomic E-state index is 0.204. The standard InChI is InChI=1S/C10H10Cl2N2O4S/c1-19(17,18)14-9(15)5-13-10(16)6-2-3-7(11)8(12)4-6/h2-4H,5H2,1H3,(H,13,16)(H,14,15). The number of rotatable bonds is 4. The molecule has 2 N–H and O–H groups in total. The van der Waals surface area contributed by atoms with Crippen molar-refractivity contribution < 1.29 is 18.0 Å². The largest absolute Gasteiger partial charge is 0.343 e. The van der Waals surface area contributed by atoms with Gasteiger partial charge in [0.1, 0.15) is 0 Å². The summed E-state index contributed by atoms with van der Waals surface area (Å²) >= 11 is 11.4. The molecule has 104 valence electrons. The first-order valence-corrected chi connectivity index (χ1v) is 7.57. The van der Waals surface area contributed by atoms with Crippen molar-refractivity contribution in [2.45, 2.75) is 0 Å². The van der Waals surface area contributed by atoms with Crippen molar-refractivity contribution in [3.05, 3.63) is 33.8 Å². The van der Waals surface area contributed by atoms with E-state index >= 15 is 0 Å². The minimum Gasteiger partial charge on any atom is -0.343 e. The Morgan fingerprint density at radius 2 is 1.84 bits per heavy atom. The molecule has 0 heterocycles. The van der Waals surface area contributed by atoms with E-state index in [0.29, 0.717) is 5.02 Å². The molecule has 0 fully saturated rings. The molecule has 0 aliphatic carbocycles. The Hall–Kier alpha value is -1.31. The van der Waals surface area contributed by atoms with Crippen LogP contribution in [0.1, 0.15) is 10.4 Å². The number of hydrogen-bond donors (Lipinski definition) is 2. The molecule has 0 saturated heterocycles. The van der Waals surface area contributed by atoms with E-state index in [2.05, 4.69) is 5.32 Å². The lowest BCUT2D eigenvalue weighted by molar-refractivity contribution is -0.118. The highest BCUT2D eigenvalue weighted by molar-refractivity contribution is 7.89. The van der Waals surface area contributed by atoms with E-state index in [0.717, 1.165) is 6.26 Å². The average Bonchev–Trinajstić information content (AvgIpc) is 2.27. The molecule has 1 aromatic rings. The number of hydrogen-bond acceptors (Lipinski definition) is 4. The summed E-state index contributed by atoms with van der Waals surface area (Å²) in [6.45, 7) is -0.466. The van der Waals surface area contributed by atoms with Crippen molar-refractivity contribution in [2.24, 2.45) is 0 Å². The van der Waals surface area contributed by atoms with Gasteiger partial charge in [0.2, 0.25) is 10.0 Å². The molecule has 0 bridgehead atoms. The first kappa shape index (κ1) is 15.7. The first-order valence-electron chi connectivity index (χ1n) is 4.93. The second-order valence-corrected chi connectivity index (χ2v) is 6.17. The maximum absolute atomic E-state index is 11.6. The van der Waals surface area contributed by atoms with Crippen molar-refractivity contribution in [1.82, 2.24) is 10.0 Å². The lowest BCUT2D eigenvalue weighted by Gasteiger charge is -2.06. The Labute approximate surface area is 120 Å². The lowest BCUT2D eigenvalue weighted by Crippen LogP contribution is -2.39. The van der Waals surface area contributed by atoms with Gasteiger partial charge >= 0.3 is 0 Å². The third kappa shape index (κ3) is 5.46. The molecule has 2 amide bonds. The number of carbonyl (C=O) groups is 2. The SMILES string of the molecule is CS(=O)(=O)NC(=O)CNC(=O)c1ccc(Cl)c(Cl)c1. The van der Waals surface area contributed by atoms with Crippen LogP contribution in [0.3, 0.4) is 0 Å². The quantitative estimate of drug-likeness (QED) is 0.856. The fourth-order valence-corrected chi connectivity index (χ4v) is 1.93. The maximum Gasteiger partial charge on any atom is 0.252 e. The number of benzene rings is 1. The molecule has 0 spiro atoms. The Morgan fingerprint density at radius 3 is 2.37 bits per heavy atom. The summed E-state index contributed by atoms with van der Waals surface area (Å²) in [5.41, 5.74) is 0.210. The highest BCUT2D eigenvalue weighted by atomic mass is 35.5. The van der Waals surface area contributed by atoms with Gasteiger partial charge in [-0.3, -0.25) is 14.3 Å². The summed E-state index contributed by atoms with van der Waals surface area (Å²) in [6.07, 6.45) is 0.839. The summed E-state index contributed by atoms with van der Waals surface area (Å²) in [6, 6.07) is 4.21. The van der Waals surface area contributed by atoms with Crippen LogP contribution in [0.5, 0.6) is 0 Å². The zero-order valence-electron chi connectivity index (χ0n) is 9.74. The molecule has 0 aromatic heterocycles. The van der Waals surface area contributed by atoms with Gasteiger partial charge in [0.15, 0.2) is 0 Å². The molecule has 19 heavy (non-hydrogen) atoms. The van der Waals surface area contributed by atoms with E-state index in [9.17, 15) is 18.0 Å². The third-order valence-electron chi connectivity index (χ3n) is 1.89. The normalized spacial score (nSPS) is 10.9. The van der Waals surface area contributed by atoms with E-state index in [4.69, 9.17) is 23.2 Å². The highest BCUT2D eigenvalue weighted by Gasteiger charge is 2.12. The van der Waals surface area contributed by atoms with Crippen molar-refractivity contribution >= 4 is 45.0 Å². The van der Waals surface area contributed by atoms with E-state index in [1.165, 1.54) is 18.2 Å². The van der Waals surface area contributed by atoms with Gasteiger partial charge in [0, 0.05) is 5.56 Å². The molecule has 0 saturated carbocycles. The number of amides is 2. The molecular weight excluding hydrogens is 315 g/mol. The Balaban J connectivity index is 2.61. The topological polar surface area (TPSA) is 92.3 Å². The second-order valence-electron chi connectivity index (χ2n) is 3.61. The Morgan fingerprint density at radius 1 is 1.21 bits per heavy atom. The summed E-state index contributed by atoms with van der Waals surface area (Å²) in [5, 5.41) is 2.75. The fourth-order valence-electron chi connectivity index (χ4n) is 1.14. The van der Waals surface area contributed by atoms with Crippen LogP contribution in [0.25, 0.3) is 0 Å². The van der Waals surface area contributed by atoms with Crippen LogP contribution < -0.4 is 10.0 Å². The van der Waals surface area contributed by atoms with Crippen molar-refractivity contribution in [2.75, 3.05) is 12.8 Å². The van der Waals surface area contributed by atoms with E-state index < -0.39 is 28.4 Å². The molecule has 9 heteroatoms. The smallest absolute Gasteiger partial charge is 0.252 e. The predicted molar refractivity (Wildman–Crippen MR) is 71.8 cm³/mol. The van der Waals surface area contributed by atoms with Crippen LogP contribution in [-0.4, -0.2) is 33.0 Å². The van der Waals surface area contributed by atoms with E-state index in [1.54, 1.807) is 4.72 Å².